The van der Waals surface area contributed by atoms with Crippen molar-refractivity contribution in [3.05, 3.63) is 113 Å². The van der Waals surface area contributed by atoms with E-state index < -0.39 is 22.5 Å². The van der Waals surface area contributed by atoms with Gasteiger partial charge in [0.25, 0.3) is 15.9 Å². The van der Waals surface area contributed by atoms with Gasteiger partial charge < -0.3 is 14.2 Å². The molecule has 0 radical (unpaired) electrons. The Morgan fingerprint density at radius 3 is 2.32 bits per heavy atom. The van der Waals surface area contributed by atoms with Crippen molar-refractivity contribution in [3.8, 4) is 17.2 Å². The van der Waals surface area contributed by atoms with Gasteiger partial charge in [-0.15, -0.1) is 0 Å². The van der Waals surface area contributed by atoms with Gasteiger partial charge in [0.05, 0.1) is 31.0 Å². The second kappa shape index (κ2) is 13.7. The Hall–Kier alpha value is -4.54. The van der Waals surface area contributed by atoms with Gasteiger partial charge in [-0.25, -0.2) is 13.8 Å². The van der Waals surface area contributed by atoms with Gasteiger partial charge in [0, 0.05) is 11.1 Å². The van der Waals surface area contributed by atoms with Crippen LogP contribution in [0.4, 0.5) is 5.69 Å². The molecule has 0 atom stereocenters. The molecular weight excluding hydrogens is 566 g/mol. The minimum Gasteiger partial charge on any atom is -0.497 e. The molecule has 0 unspecified atom stereocenters. The summed E-state index contributed by atoms with van der Waals surface area (Å²) in [6, 6.07) is 27.0. The average Bonchev–Trinajstić information content (AvgIpc) is 2.99. The standard InChI is InChI=1S/C30H28ClN3O6S/c1-38-26-15-16-28(29(18-26)39-2)34(41(36,37)27-9-4-3-5-10-27)20-30(35)33-32-19-22-11-13-25(14-12-22)40-21-23-7-6-8-24(31)17-23/h3-19H,20-21H2,1-2H3,(H,33,35)/b32-19-. The van der Waals surface area contributed by atoms with Crippen LogP contribution < -0.4 is 23.9 Å². The second-order valence-corrected chi connectivity index (χ2v) is 10.9. The Balaban J connectivity index is 1.45. The predicted octanol–water partition coefficient (Wildman–Crippen LogP) is 5.28. The van der Waals surface area contributed by atoms with E-state index in [2.05, 4.69) is 10.5 Å². The summed E-state index contributed by atoms with van der Waals surface area (Å²) in [6.45, 7) is -0.182. The van der Waals surface area contributed by atoms with Gasteiger partial charge in [0.1, 0.15) is 30.4 Å². The van der Waals surface area contributed by atoms with Crippen LogP contribution in [0.3, 0.4) is 0 Å². The van der Waals surface area contributed by atoms with Crippen molar-refractivity contribution in [1.29, 1.82) is 0 Å². The Morgan fingerprint density at radius 1 is 0.902 bits per heavy atom. The van der Waals surface area contributed by atoms with Gasteiger partial charge in [-0.05, 0) is 71.8 Å². The molecule has 1 N–H and O–H groups in total. The van der Waals surface area contributed by atoms with Crippen LogP contribution in [0.25, 0.3) is 0 Å². The van der Waals surface area contributed by atoms with Gasteiger partial charge in [0.2, 0.25) is 0 Å². The van der Waals surface area contributed by atoms with Crippen molar-refractivity contribution in [1.82, 2.24) is 5.43 Å². The van der Waals surface area contributed by atoms with Crippen LogP contribution in [-0.2, 0) is 21.4 Å². The summed E-state index contributed by atoms with van der Waals surface area (Å²) < 4.78 is 44.5. The highest BCUT2D eigenvalue weighted by atomic mass is 35.5. The average molecular weight is 594 g/mol. The molecular formula is C30H28ClN3O6S. The van der Waals surface area contributed by atoms with Gasteiger partial charge in [-0.2, -0.15) is 5.10 Å². The zero-order valence-electron chi connectivity index (χ0n) is 22.4. The van der Waals surface area contributed by atoms with Crippen molar-refractivity contribution in [2.24, 2.45) is 5.10 Å². The molecule has 0 saturated carbocycles. The lowest BCUT2D eigenvalue weighted by atomic mass is 10.2. The van der Waals surface area contributed by atoms with Crippen LogP contribution in [0.15, 0.2) is 107 Å². The number of sulfonamides is 1. The molecule has 212 valence electrons. The van der Waals surface area contributed by atoms with Crippen LogP contribution in [-0.4, -0.2) is 41.3 Å². The molecule has 4 aromatic rings. The second-order valence-electron chi connectivity index (χ2n) is 8.64. The molecule has 0 bridgehead atoms. The number of carbonyl (C=O) groups excluding carboxylic acids is 1. The number of hydrogen-bond acceptors (Lipinski definition) is 7. The highest BCUT2D eigenvalue weighted by Crippen LogP contribution is 2.35. The number of nitrogens with zero attached hydrogens (tertiary/aromatic N) is 2. The zero-order chi connectivity index (χ0) is 29.2. The molecule has 0 aromatic heterocycles. The van der Waals surface area contributed by atoms with Gasteiger partial charge in [-0.1, -0.05) is 41.9 Å². The molecule has 0 fully saturated rings. The van der Waals surface area contributed by atoms with E-state index in [1.54, 1.807) is 60.7 Å². The molecule has 0 heterocycles. The van der Waals surface area contributed by atoms with Crippen LogP contribution in [0.1, 0.15) is 11.1 Å². The van der Waals surface area contributed by atoms with Crippen molar-refractivity contribution in [3.63, 3.8) is 0 Å². The summed E-state index contributed by atoms with van der Waals surface area (Å²) in [6.07, 6.45) is 1.45. The van der Waals surface area contributed by atoms with E-state index in [0.29, 0.717) is 28.7 Å². The topological polar surface area (TPSA) is 107 Å². The van der Waals surface area contributed by atoms with Crippen LogP contribution in [0.5, 0.6) is 17.2 Å². The third kappa shape index (κ3) is 7.77. The lowest BCUT2D eigenvalue weighted by molar-refractivity contribution is -0.119. The number of rotatable bonds is 12. The quantitative estimate of drug-likeness (QED) is 0.177. The number of halogens is 1. The van der Waals surface area contributed by atoms with E-state index >= 15 is 0 Å². The minimum atomic E-state index is -4.13. The summed E-state index contributed by atoms with van der Waals surface area (Å²) in [5, 5.41) is 4.64. The lowest BCUT2D eigenvalue weighted by Gasteiger charge is -2.25. The highest BCUT2D eigenvalue weighted by molar-refractivity contribution is 7.92. The largest absolute Gasteiger partial charge is 0.497 e. The Bertz CT molecular complexity index is 1610. The number of amides is 1. The molecule has 41 heavy (non-hydrogen) atoms. The molecule has 1 amide bonds. The third-order valence-electron chi connectivity index (χ3n) is 5.85. The first kappa shape index (κ1) is 29.4. The summed E-state index contributed by atoms with van der Waals surface area (Å²) in [7, 11) is -1.24. The molecule has 0 aliphatic rings. The Morgan fingerprint density at radius 2 is 1.63 bits per heavy atom. The number of hydrazone groups is 1. The minimum absolute atomic E-state index is 0.0202. The smallest absolute Gasteiger partial charge is 0.264 e. The molecule has 0 aliphatic carbocycles. The van der Waals surface area contributed by atoms with Crippen LogP contribution in [0, 0.1) is 0 Å². The number of nitrogens with one attached hydrogen (secondary N) is 1. The first-order valence-electron chi connectivity index (χ1n) is 12.4. The molecule has 4 aromatic carbocycles. The van der Waals surface area contributed by atoms with E-state index in [9.17, 15) is 13.2 Å². The van der Waals surface area contributed by atoms with E-state index in [1.165, 1.54) is 38.6 Å². The highest BCUT2D eigenvalue weighted by Gasteiger charge is 2.29. The van der Waals surface area contributed by atoms with E-state index in [4.69, 9.17) is 25.8 Å². The fourth-order valence-corrected chi connectivity index (χ4v) is 5.46. The monoisotopic (exact) mass is 593 g/mol. The summed E-state index contributed by atoms with van der Waals surface area (Å²) >= 11 is 6.01. The maximum atomic E-state index is 13.6. The number of carbonyl (C=O) groups is 1. The van der Waals surface area contributed by atoms with Crippen molar-refractivity contribution in [2.45, 2.75) is 11.5 Å². The fourth-order valence-electron chi connectivity index (χ4n) is 3.80. The van der Waals surface area contributed by atoms with E-state index in [1.807, 2.05) is 18.2 Å². The van der Waals surface area contributed by atoms with E-state index in [-0.39, 0.29) is 16.3 Å². The Labute approximate surface area is 244 Å². The van der Waals surface area contributed by atoms with Crippen molar-refractivity contribution < 1.29 is 27.4 Å². The van der Waals surface area contributed by atoms with E-state index in [0.717, 1.165) is 9.87 Å². The van der Waals surface area contributed by atoms with Crippen LogP contribution >= 0.6 is 11.6 Å². The molecule has 11 heteroatoms. The van der Waals surface area contributed by atoms with Gasteiger partial charge in [-0.3, -0.25) is 9.10 Å². The molecule has 4 rings (SSSR count). The number of methoxy groups -OCH3 is 2. The first-order valence-corrected chi connectivity index (χ1v) is 14.2. The fraction of sp³-hybridized carbons (Fsp3) is 0.133. The first-order chi connectivity index (χ1) is 19.8. The summed E-state index contributed by atoms with van der Waals surface area (Å²) in [5.41, 5.74) is 4.21. The SMILES string of the molecule is COc1ccc(N(CC(=O)N/N=C\c2ccc(OCc3cccc(Cl)c3)cc2)S(=O)(=O)c2ccccc2)c(OC)c1. The molecule has 0 aliphatic heterocycles. The van der Waals surface area contributed by atoms with Crippen molar-refractivity contribution in [2.75, 3.05) is 25.1 Å². The van der Waals surface area contributed by atoms with Crippen molar-refractivity contribution >= 4 is 39.4 Å². The van der Waals surface area contributed by atoms with Gasteiger partial charge in [0.15, 0.2) is 0 Å². The number of benzene rings is 4. The predicted molar refractivity (Wildman–Crippen MR) is 158 cm³/mol. The molecule has 0 saturated heterocycles. The van der Waals surface area contributed by atoms with Crippen LogP contribution in [0.2, 0.25) is 5.02 Å². The number of anilines is 1. The zero-order valence-corrected chi connectivity index (χ0v) is 23.9. The lowest BCUT2D eigenvalue weighted by Crippen LogP contribution is -2.39. The molecule has 0 spiro atoms. The number of ether oxygens (including phenoxy) is 3. The Kier molecular flexibility index (Phi) is 9.83. The maximum absolute atomic E-state index is 13.6. The molecule has 9 nitrogen and oxygen atoms in total. The maximum Gasteiger partial charge on any atom is 0.264 e. The summed E-state index contributed by atoms with van der Waals surface area (Å²) in [5.74, 6) is 0.692. The van der Waals surface area contributed by atoms with Gasteiger partial charge >= 0.3 is 0 Å². The third-order valence-corrected chi connectivity index (χ3v) is 7.86. The normalized spacial score (nSPS) is 11.2. The number of hydrogen-bond donors (Lipinski definition) is 1. The summed E-state index contributed by atoms with van der Waals surface area (Å²) in [4.78, 5) is 12.9.